The summed E-state index contributed by atoms with van der Waals surface area (Å²) in [5, 5.41) is 0. The average Bonchev–Trinajstić information content (AvgIpc) is 3.63. The summed E-state index contributed by atoms with van der Waals surface area (Å²) in [4.78, 5) is 35.1. The van der Waals surface area contributed by atoms with Crippen molar-refractivity contribution in [3.05, 3.63) is 96.4 Å². The number of nitrogens with one attached hydrogen (secondary N) is 1. The van der Waals surface area contributed by atoms with Crippen molar-refractivity contribution in [2.45, 2.75) is 38.3 Å². The summed E-state index contributed by atoms with van der Waals surface area (Å²) in [5.74, 6) is -0.287. The minimum absolute atomic E-state index is 0.0142. The zero-order valence-electron chi connectivity index (χ0n) is 20.6. The Morgan fingerprint density at radius 3 is 2.45 bits per heavy atom. The Hall–Kier alpha value is -4.33. The number of likely N-dealkylation sites (tertiary alicyclic amines) is 1. The molecular formula is C30H27F2N3O3. The van der Waals surface area contributed by atoms with Crippen LogP contribution in [-0.2, 0) is 11.2 Å². The molecule has 5 rings (SSSR count). The molecule has 38 heavy (non-hydrogen) atoms. The minimum atomic E-state index is -2.97. The topological polar surface area (TPSA) is 75.3 Å². The SMILES string of the molecule is O=C(c1ncc(-c2ccccc2OC(F)F)[nH]1)[C@@H]1CCCN1C(=O)CCc1ccc(-c2ccccc2)cc1. The van der Waals surface area contributed by atoms with Crippen molar-refractivity contribution < 1.29 is 23.1 Å². The van der Waals surface area contributed by atoms with Crippen LogP contribution in [0.5, 0.6) is 5.75 Å². The van der Waals surface area contributed by atoms with E-state index in [2.05, 4.69) is 39.0 Å². The number of halogens is 2. The second kappa shape index (κ2) is 11.4. The molecule has 1 aromatic heterocycles. The van der Waals surface area contributed by atoms with E-state index in [9.17, 15) is 18.4 Å². The third-order valence-corrected chi connectivity index (χ3v) is 6.77. The number of carbonyl (C=O) groups is 2. The summed E-state index contributed by atoms with van der Waals surface area (Å²) in [6, 6.07) is 24.0. The number of alkyl halides is 2. The van der Waals surface area contributed by atoms with Crippen LogP contribution < -0.4 is 4.74 Å². The molecule has 6 nitrogen and oxygen atoms in total. The number of imidazole rings is 1. The van der Waals surface area contributed by atoms with Gasteiger partial charge in [0.25, 0.3) is 0 Å². The highest BCUT2D eigenvalue weighted by Gasteiger charge is 2.35. The van der Waals surface area contributed by atoms with E-state index in [1.165, 1.54) is 12.3 Å². The van der Waals surface area contributed by atoms with Gasteiger partial charge >= 0.3 is 6.61 Å². The van der Waals surface area contributed by atoms with Gasteiger partial charge in [-0.05, 0) is 48.1 Å². The molecule has 0 spiro atoms. The lowest BCUT2D eigenvalue weighted by Gasteiger charge is -2.23. The number of rotatable bonds is 9. The van der Waals surface area contributed by atoms with Crippen LogP contribution in [-0.4, -0.2) is 45.8 Å². The zero-order valence-corrected chi connectivity index (χ0v) is 20.6. The summed E-state index contributed by atoms with van der Waals surface area (Å²) in [5.41, 5.74) is 4.07. The van der Waals surface area contributed by atoms with Crippen LogP contribution in [0.4, 0.5) is 8.78 Å². The number of benzene rings is 3. The molecule has 0 bridgehead atoms. The maximum atomic E-state index is 13.3. The third kappa shape index (κ3) is 5.64. The lowest BCUT2D eigenvalue weighted by atomic mass is 10.0. The van der Waals surface area contributed by atoms with Gasteiger partial charge in [0.2, 0.25) is 11.7 Å². The van der Waals surface area contributed by atoms with Gasteiger partial charge in [0.05, 0.1) is 17.9 Å². The second-order valence-corrected chi connectivity index (χ2v) is 9.19. The van der Waals surface area contributed by atoms with Gasteiger partial charge in [-0.1, -0.05) is 66.7 Å². The van der Waals surface area contributed by atoms with E-state index < -0.39 is 12.7 Å². The molecule has 1 saturated heterocycles. The third-order valence-electron chi connectivity index (χ3n) is 6.77. The Bertz CT molecular complexity index is 1400. The number of hydrogen-bond acceptors (Lipinski definition) is 4. The second-order valence-electron chi connectivity index (χ2n) is 9.19. The fourth-order valence-corrected chi connectivity index (χ4v) is 4.86. The van der Waals surface area contributed by atoms with E-state index in [4.69, 9.17) is 0 Å². The Morgan fingerprint density at radius 1 is 0.974 bits per heavy atom. The number of aryl methyl sites for hydroxylation is 1. The molecule has 8 heteroatoms. The number of para-hydroxylation sites is 1. The lowest BCUT2D eigenvalue weighted by molar-refractivity contribution is -0.131. The highest BCUT2D eigenvalue weighted by atomic mass is 19.3. The molecule has 1 aliphatic heterocycles. The van der Waals surface area contributed by atoms with Crippen LogP contribution >= 0.6 is 0 Å². The van der Waals surface area contributed by atoms with Crippen molar-refractivity contribution in [3.63, 3.8) is 0 Å². The molecule has 194 valence electrons. The molecule has 0 saturated carbocycles. The van der Waals surface area contributed by atoms with Crippen molar-refractivity contribution in [1.29, 1.82) is 0 Å². The highest BCUT2D eigenvalue weighted by molar-refractivity contribution is 6.00. The Labute approximate surface area is 219 Å². The molecular weight excluding hydrogens is 488 g/mol. The van der Waals surface area contributed by atoms with Crippen LogP contribution in [0.25, 0.3) is 22.4 Å². The van der Waals surface area contributed by atoms with Crippen LogP contribution in [0.3, 0.4) is 0 Å². The number of amides is 1. The number of ether oxygens (including phenoxy) is 1. The van der Waals surface area contributed by atoms with Crippen molar-refractivity contribution >= 4 is 11.7 Å². The Kier molecular flexibility index (Phi) is 7.58. The molecule has 1 N–H and O–H groups in total. The smallest absolute Gasteiger partial charge is 0.387 e. The zero-order chi connectivity index (χ0) is 26.5. The molecule has 0 aliphatic carbocycles. The van der Waals surface area contributed by atoms with E-state index in [-0.39, 0.29) is 23.3 Å². The number of aromatic amines is 1. The normalized spacial score (nSPS) is 15.1. The van der Waals surface area contributed by atoms with E-state index in [0.717, 1.165) is 23.1 Å². The molecule has 1 aliphatic rings. The van der Waals surface area contributed by atoms with Gasteiger partial charge in [0, 0.05) is 18.5 Å². The summed E-state index contributed by atoms with van der Waals surface area (Å²) < 4.78 is 30.2. The maximum Gasteiger partial charge on any atom is 0.387 e. The first-order valence-electron chi connectivity index (χ1n) is 12.6. The minimum Gasteiger partial charge on any atom is -0.434 e. The Balaban J connectivity index is 1.23. The molecule has 4 aromatic rings. The van der Waals surface area contributed by atoms with Crippen LogP contribution in [0.15, 0.2) is 85.1 Å². The fourth-order valence-electron chi connectivity index (χ4n) is 4.86. The average molecular weight is 516 g/mol. The fraction of sp³-hybridized carbons (Fsp3) is 0.233. The quantitative estimate of drug-likeness (QED) is 0.271. The molecule has 0 radical (unpaired) electrons. The highest BCUT2D eigenvalue weighted by Crippen LogP contribution is 2.30. The van der Waals surface area contributed by atoms with Crippen LogP contribution in [0, 0.1) is 0 Å². The number of hydrogen-bond donors (Lipinski definition) is 1. The van der Waals surface area contributed by atoms with Gasteiger partial charge in [-0.25, -0.2) is 4.98 Å². The summed E-state index contributed by atoms with van der Waals surface area (Å²) >= 11 is 0. The van der Waals surface area contributed by atoms with Gasteiger partial charge in [0.15, 0.2) is 5.82 Å². The van der Waals surface area contributed by atoms with Gasteiger partial charge in [0.1, 0.15) is 5.75 Å². The predicted octanol–water partition coefficient (Wildman–Crippen LogP) is 6.15. The molecule has 3 aromatic carbocycles. The molecule has 2 heterocycles. The number of aromatic nitrogens is 2. The van der Waals surface area contributed by atoms with E-state index in [1.807, 2.05) is 30.3 Å². The molecule has 0 unspecified atom stereocenters. The summed E-state index contributed by atoms with van der Waals surface area (Å²) in [6.07, 6.45) is 3.58. The number of carbonyl (C=O) groups excluding carboxylic acids is 2. The predicted molar refractivity (Wildman–Crippen MR) is 140 cm³/mol. The van der Waals surface area contributed by atoms with Crippen LogP contribution in [0.2, 0.25) is 0 Å². The van der Waals surface area contributed by atoms with Gasteiger partial charge in [-0.2, -0.15) is 8.78 Å². The van der Waals surface area contributed by atoms with Crippen molar-refractivity contribution in [1.82, 2.24) is 14.9 Å². The van der Waals surface area contributed by atoms with Gasteiger partial charge in [-0.3, -0.25) is 9.59 Å². The van der Waals surface area contributed by atoms with Crippen molar-refractivity contribution in [2.75, 3.05) is 6.54 Å². The number of H-pyrrole nitrogens is 1. The molecule has 1 amide bonds. The number of nitrogens with zero attached hydrogens (tertiary/aromatic N) is 2. The van der Waals surface area contributed by atoms with Crippen LogP contribution in [0.1, 0.15) is 35.4 Å². The molecule has 1 fully saturated rings. The molecule has 1 atom stereocenters. The number of ketones is 1. The summed E-state index contributed by atoms with van der Waals surface area (Å²) in [7, 11) is 0. The lowest BCUT2D eigenvalue weighted by Crippen LogP contribution is -2.41. The monoisotopic (exact) mass is 515 g/mol. The van der Waals surface area contributed by atoms with Crippen molar-refractivity contribution in [3.8, 4) is 28.1 Å². The van der Waals surface area contributed by atoms with Gasteiger partial charge in [-0.15, -0.1) is 0 Å². The van der Waals surface area contributed by atoms with E-state index in [1.54, 1.807) is 23.1 Å². The summed E-state index contributed by atoms with van der Waals surface area (Å²) in [6.45, 7) is -2.46. The van der Waals surface area contributed by atoms with Gasteiger partial charge < -0.3 is 14.6 Å². The van der Waals surface area contributed by atoms with E-state index in [0.29, 0.717) is 37.1 Å². The first kappa shape index (κ1) is 25.3. The van der Waals surface area contributed by atoms with Crippen molar-refractivity contribution in [2.24, 2.45) is 0 Å². The number of Topliss-reactive ketones (excluding diaryl/α,β-unsaturated/α-hetero) is 1. The Morgan fingerprint density at radius 2 is 1.68 bits per heavy atom. The van der Waals surface area contributed by atoms with E-state index >= 15 is 0 Å². The largest absolute Gasteiger partial charge is 0.434 e. The first-order chi connectivity index (χ1) is 18.5. The standard InChI is InChI=1S/C30H27F2N3O3/c31-30(32)38-26-11-5-4-9-23(26)24-19-33-29(34-24)28(37)25-10-6-18-35(25)27(36)17-14-20-12-15-22(16-13-20)21-7-2-1-3-8-21/h1-5,7-9,11-13,15-16,19,25,30H,6,10,14,17-18H2,(H,33,34)/t25-/m0/s1. The maximum absolute atomic E-state index is 13.3. The first-order valence-corrected chi connectivity index (χ1v) is 12.6.